The number of hydrogen-bond donors (Lipinski definition) is 1. The molecule has 1 aliphatic rings. The van der Waals surface area contributed by atoms with Gasteiger partial charge < -0.3 is 15.2 Å². The van der Waals surface area contributed by atoms with Gasteiger partial charge in [-0.15, -0.1) is 0 Å². The molecule has 4 nitrogen and oxygen atoms in total. The minimum atomic E-state index is 0.0866. The Labute approximate surface area is 127 Å². The highest BCUT2D eigenvalue weighted by Crippen LogP contribution is 2.18. The van der Waals surface area contributed by atoms with E-state index in [1.165, 1.54) is 0 Å². The fourth-order valence-corrected chi connectivity index (χ4v) is 2.37. The second-order valence-electron chi connectivity index (χ2n) is 5.73. The maximum atomic E-state index is 5.81. The first-order valence-corrected chi connectivity index (χ1v) is 7.36. The van der Waals surface area contributed by atoms with Gasteiger partial charge in [-0.3, -0.25) is 4.90 Å². The third-order valence-corrected chi connectivity index (χ3v) is 3.64. The molecule has 2 N–H and O–H groups in total. The minimum absolute atomic E-state index is 0.0866. The van der Waals surface area contributed by atoms with Crippen molar-refractivity contribution in [2.75, 3.05) is 39.5 Å². The average Bonchev–Trinajstić information content (AvgIpc) is 2.48. The fraction of sp³-hybridized carbons (Fsp3) is 0.529. The zero-order valence-corrected chi connectivity index (χ0v) is 12.9. The summed E-state index contributed by atoms with van der Waals surface area (Å²) in [6.45, 7) is 8.92. The predicted octanol–water partition coefficient (Wildman–Crippen LogP) is 1.49. The van der Waals surface area contributed by atoms with Crippen molar-refractivity contribution in [3.05, 3.63) is 29.8 Å². The smallest absolute Gasteiger partial charge is 0.119 e. The van der Waals surface area contributed by atoms with Crippen LogP contribution in [0.3, 0.4) is 0 Å². The van der Waals surface area contributed by atoms with Gasteiger partial charge in [0.1, 0.15) is 12.4 Å². The lowest BCUT2D eigenvalue weighted by Crippen LogP contribution is -2.54. The predicted molar refractivity (Wildman–Crippen MR) is 84.3 cm³/mol. The van der Waals surface area contributed by atoms with Crippen molar-refractivity contribution in [2.45, 2.75) is 19.4 Å². The molecule has 0 amide bonds. The maximum absolute atomic E-state index is 5.81. The Morgan fingerprint density at radius 1 is 1.33 bits per heavy atom. The molecule has 114 valence electrons. The summed E-state index contributed by atoms with van der Waals surface area (Å²) in [6.07, 6.45) is 0. The van der Waals surface area contributed by atoms with Crippen LogP contribution in [0.25, 0.3) is 0 Å². The molecule has 1 fully saturated rings. The van der Waals surface area contributed by atoms with E-state index in [1.807, 2.05) is 24.3 Å². The van der Waals surface area contributed by atoms with Crippen molar-refractivity contribution in [1.29, 1.82) is 0 Å². The zero-order chi connectivity index (χ0) is 15.1. The highest BCUT2D eigenvalue weighted by Gasteiger charge is 2.29. The SMILES string of the molecule is CC1(C)COCCN1CCOc1ccc(C#CCN)cc1. The van der Waals surface area contributed by atoms with E-state index in [0.717, 1.165) is 37.6 Å². The van der Waals surface area contributed by atoms with Gasteiger partial charge in [-0.1, -0.05) is 11.8 Å². The second-order valence-corrected chi connectivity index (χ2v) is 5.73. The van der Waals surface area contributed by atoms with Crippen LogP contribution in [0.2, 0.25) is 0 Å². The van der Waals surface area contributed by atoms with E-state index in [-0.39, 0.29) is 5.54 Å². The van der Waals surface area contributed by atoms with Gasteiger partial charge in [0.2, 0.25) is 0 Å². The molecule has 1 aromatic carbocycles. The van der Waals surface area contributed by atoms with Crippen molar-refractivity contribution in [3.63, 3.8) is 0 Å². The normalized spacial score (nSPS) is 17.9. The molecule has 2 rings (SSSR count). The number of morpholine rings is 1. The molecule has 0 radical (unpaired) electrons. The molecule has 0 aromatic heterocycles. The molecule has 0 saturated carbocycles. The summed E-state index contributed by atoms with van der Waals surface area (Å²) in [5.41, 5.74) is 6.40. The summed E-state index contributed by atoms with van der Waals surface area (Å²) in [6, 6.07) is 7.81. The van der Waals surface area contributed by atoms with E-state index in [4.69, 9.17) is 15.2 Å². The lowest BCUT2D eigenvalue weighted by atomic mass is 10.0. The standard InChI is InChI=1S/C17H24N2O2/c1-17(2)14-20-12-10-19(17)11-13-21-16-7-5-15(6-8-16)4-3-9-18/h5-8H,9-14,18H2,1-2H3. The molecular formula is C17H24N2O2. The van der Waals surface area contributed by atoms with E-state index >= 15 is 0 Å². The highest BCUT2D eigenvalue weighted by atomic mass is 16.5. The monoisotopic (exact) mass is 288 g/mol. The van der Waals surface area contributed by atoms with E-state index in [0.29, 0.717) is 13.2 Å². The van der Waals surface area contributed by atoms with Crippen molar-refractivity contribution in [2.24, 2.45) is 5.73 Å². The van der Waals surface area contributed by atoms with Crippen LogP contribution >= 0.6 is 0 Å². The Hall–Kier alpha value is -1.54. The Kier molecular flexibility index (Phi) is 5.63. The Balaban J connectivity index is 1.80. The van der Waals surface area contributed by atoms with Crippen molar-refractivity contribution in [3.8, 4) is 17.6 Å². The van der Waals surface area contributed by atoms with Crippen molar-refractivity contribution >= 4 is 0 Å². The second kappa shape index (κ2) is 7.46. The number of ether oxygens (including phenoxy) is 2. The Morgan fingerprint density at radius 2 is 2.10 bits per heavy atom. The largest absolute Gasteiger partial charge is 0.492 e. The Morgan fingerprint density at radius 3 is 2.76 bits per heavy atom. The first kappa shape index (κ1) is 15.8. The molecule has 0 spiro atoms. The molecule has 21 heavy (non-hydrogen) atoms. The Bertz CT molecular complexity index is 500. The van der Waals surface area contributed by atoms with Crippen LogP contribution in [-0.4, -0.2) is 49.9 Å². The molecule has 0 aliphatic carbocycles. The lowest BCUT2D eigenvalue weighted by molar-refractivity contribution is -0.0547. The molecular weight excluding hydrogens is 264 g/mol. The summed E-state index contributed by atoms with van der Waals surface area (Å²) in [4.78, 5) is 2.41. The van der Waals surface area contributed by atoms with Crippen LogP contribution in [0.15, 0.2) is 24.3 Å². The van der Waals surface area contributed by atoms with Gasteiger partial charge in [-0.25, -0.2) is 0 Å². The van der Waals surface area contributed by atoms with Crippen LogP contribution in [0.4, 0.5) is 0 Å². The number of hydrogen-bond acceptors (Lipinski definition) is 4. The zero-order valence-electron chi connectivity index (χ0n) is 12.9. The third-order valence-electron chi connectivity index (χ3n) is 3.64. The molecule has 0 bridgehead atoms. The van der Waals surface area contributed by atoms with Crippen LogP contribution in [0.5, 0.6) is 5.75 Å². The molecule has 1 aliphatic heterocycles. The van der Waals surface area contributed by atoms with Gasteiger partial charge in [0.05, 0.1) is 19.8 Å². The molecule has 0 unspecified atom stereocenters. The quantitative estimate of drug-likeness (QED) is 0.853. The van der Waals surface area contributed by atoms with Gasteiger partial charge in [-0.2, -0.15) is 0 Å². The third kappa shape index (κ3) is 4.75. The lowest BCUT2D eigenvalue weighted by Gasteiger charge is -2.41. The van der Waals surface area contributed by atoms with Gasteiger partial charge in [0.15, 0.2) is 0 Å². The summed E-state index contributed by atoms with van der Waals surface area (Å²) < 4.78 is 11.3. The van der Waals surface area contributed by atoms with E-state index in [9.17, 15) is 0 Å². The van der Waals surface area contributed by atoms with Crippen LogP contribution < -0.4 is 10.5 Å². The van der Waals surface area contributed by atoms with Crippen LogP contribution in [0.1, 0.15) is 19.4 Å². The maximum Gasteiger partial charge on any atom is 0.119 e. The summed E-state index contributed by atoms with van der Waals surface area (Å²) in [7, 11) is 0. The molecule has 1 saturated heterocycles. The van der Waals surface area contributed by atoms with Crippen molar-refractivity contribution < 1.29 is 9.47 Å². The number of nitrogens with two attached hydrogens (primary N) is 1. The van der Waals surface area contributed by atoms with Gasteiger partial charge in [0.25, 0.3) is 0 Å². The first-order chi connectivity index (χ1) is 10.1. The molecule has 1 aromatic rings. The fourth-order valence-electron chi connectivity index (χ4n) is 2.37. The molecule has 4 heteroatoms. The number of nitrogens with zero attached hydrogens (tertiary/aromatic N) is 1. The van der Waals surface area contributed by atoms with Crippen molar-refractivity contribution in [1.82, 2.24) is 4.90 Å². The van der Waals surface area contributed by atoms with Gasteiger partial charge in [-0.05, 0) is 38.1 Å². The van der Waals surface area contributed by atoms with Gasteiger partial charge in [0, 0.05) is 24.2 Å². The molecule has 1 heterocycles. The van der Waals surface area contributed by atoms with E-state index in [2.05, 4.69) is 30.6 Å². The van der Waals surface area contributed by atoms with E-state index < -0.39 is 0 Å². The average molecular weight is 288 g/mol. The first-order valence-electron chi connectivity index (χ1n) is 7.36. The van der Waals surface area contributed by atoms with E-state index in [1.54, 1.807) is 0 Å². The number of rotatable bonds is 4. The molecule has 0 atom stereocenters. The summed E-state index contributed by atoms with van der Waals surface area (Å²) >= 11 is 0. The summed E-state index contributed by atoms with van der Waals surface area (Å²) in [5.74, 6) is 6.71. The highest BCUT2D eigenvalue weighted by molar-refractivity contribution is 5.38. The number of benzene rings is 1. The minimum Gasteiger partial charge on any atom is -0.492 e. The topological polar surface area (TPSA) is 47.7 Å². The summed E-state index contributed by atoms with van der Waals surface area (Å²) in [5, 5.41) is 0. The van der Waals surface area contributed by atoms with Crippen LogP contribution in [0, 0.1) is 11.8 Å². The van der Waals surface area contributed by atoms with Gasteiger partial charge >= 0.3 is 0 Å². The van der Waals surface area contributed by atoms with Crippen LogP contribution in [-0.2, 0) is 4.74 Å².